The predicted molar refractivity (Wildman–Crippen MR) is 99.2 cm³/mol. The Kier molecular flexibility index (Phi) is 4.74. The number of nitrogens with one attached hydrogen (secondary N) is 2. The Morgan fingerprint density at radius 2 is 2.26 bits per heavy atom. The van der Waals surface area contributed by atoms with Crippen LogP contribution >= 0.6 is 0 Å². The molecular formula is C20H25FN4O2. The number of nitrogens with zero attached hydrogens (tertiary/aromatic N) is 1. The van der Waals surface area contributed by atoms with Crippen LogP contribution in [0.15, 0.2) is 22.7 Å². The summed E-state index contributed by atoms with van der Waals surface area (Å²) in [6.45, 7) is 3.63. The molecule has 2 aliphatic rings. The normalized spacial score (nSPS) is 25.0. The number of rotatable bonds is 5. The van der Waals surface area contributed by atoms with E-state index in [2.05, 4.69) is 15.8 Å². The summed E-state index contributed by atoms with van der Waals surface area (Å²) in [4.78, 5) is 12.4. The average Bonchev–Trinajstić information content (AvgIpc) is 3.33. The van der Waals surface area contributed by atoms with Crippen LogP contribution in [0, 0.1) is 25.6 Å². The van der Waals surface area contributed by atoms with Gasteiger partial charge < -0.3 is 20.9 Å². The van der Waals surface area contributed by atoms with Crippen LogP contribution in [0.25, 0.3) is 11.1 Å². The molecule has 1 amide bonds. The molecule has 2 bridgehead atoms. The fourth-order valence-corrected chi connectivity index (χ4v) is 4.47. The Labute approximate surface area is 157 Å². The second-order valence-corrected chi connectivity index (χ2v) is 7.74. The molecule has 0 spiro atoms. The summed E-state index contributed by atoms with van der Waals surface area (Å²) in [7, 11) is 0. The van der Waals surface area contributed by atoms with Gasteiger partial charge in [-0.3, -0.25) is 4.79 Å². The van der Waals surface area contributed by atoms with Gasteiger partial charge in [-0.1, -0.05) is 17.3 Å². The first-order valence-electron chi connectivity index (χ1n) is 9.46. The van der Waals surface area contributed by atoms with Gasteiger partial charge in [-0.05, 0) is 56.2 Å². The van der Waals surface area contributed by atoms with Crippen molar-refractivity contribution in [1.82, 2.24) is 15.8 Å². The topological polar surface area (TPSA) is 93.2 Å². The van der Waals surface area contributed by atoms with Gasteiger partial charge in [0, 0.05) is 18.0 Å². The fraction of sp³-hybridized carbons (Fsp3) is 0.500. The molecule has 27 heavy (non-hydrogen) atoms. The van der Waals surface area contributed by atoms with Crippen molar-refractivity contribution in [2.24, 2.45) is 11.7 Å². The molecule has 4 N–H and O–H groups in total. The van der Waals surface area contributed by atoms with Crippen LogP contribution < -0.4 is 16.4 Å². The molecule has 6 nitrogen and oxygen atoms in total. The van der Waals surface area contributed by atoms with Crippen molar-refractivity contribution in [1.29, 1.82) is 0 Å². The van der Waals surface area contributed by atoms with Gasteiger partial charge in [0.1, 0.15) is 11.6 Å². The lowest BCUT2D eigenvalue weighted by atomic mass is 9.98. The molecule has 2 fully saturated rings. The lowest BCUT2D eigenvalue weighted by Crippen LogP contribution is -2.53. The third-order valence-corrected chi connectivity index (χ3v) is 5.78. The zero-order valence-corrected chi connectivity index (χ0v) is 15.6. The van der Waals surface area contributed by atoms with Gasteiger partial charge in [0.2, 0.25) is 5.91 Å². The van der Waals surface area contributed by atoms with Gasteiger partial charge >= 0.3 is 0 Å². The van der Waals surface area contributed by atoms with Gasteiger partial charge in [-0.15, -0.1) is 0 Å². The van der Waals surface area contributed by atoms with Crippen LogP contribution in [0.2, 0.25) is 0 Å². The van der Waals surface area contributed by atoms with Crippen molar-refractivity contribution in [2.45, 2.75) is 57.8 Å². The smallest absolute Gasteiger partial charge is 0.238 e. The highest BCUT2D eigenvalue weighted by Gasteiger charge is 2.42. The molecule has 4 atom stereocenters. The minimum absolute atomic E-state index is 0.0811. The minimum atomic E-state index is -0.627. The summed E-state index contributed by atoms with van der Waals surface area (Å²) in [5, 5.41) is 10.1. The molecular weight excluding hydrogens is 347 g/mol. The van der Waals surface area contributed by atoms with Crippen molar-refractivity contribution in [3.8, 4) is 11.1 Å². The monoisotopic (exact) mass is 372 g/mol. The maximum Gasteiger partial charge on any atom is 0.238 e. The molecule has 4 rings (SSSR count). The average molecular weight is 372 g/mol. The Morgan fingerprint density at radius 1 is 1.44 bits per heavy atom. The highest BCUT2D eigenvalue weighted by Crippen LogP contribution is 2.35. The molecule has 7 heteroatoms. The van der Waals surface area contributed by atoms with E-state index >= 15 is 0 Å². The number of nitrogens with two attached hydrogens (primary N) is 1. The first-order valence-corrected chi connectivity index (χ1v) is 9.46. The van der Waals surface area contributed by atoms with Crippen LogP contribution in [-0.4, -0.2) is 29.3 Å². The molecule has 1 saturated heterocycles. The number of aryl methyl sites for hydroxylation is 2. The van der Waals surface area contributed by atoms with Crippen molar-refractivity contribution >= 4 is 5.91 Å². The van der Waals surface area contributed by atoms with Gasteiger partial charge in [-0.25, -0.2) is 4.39 Å². The zero-order chi connectivity index (χ0) is 19.1. The van der Waals surface area contributed by atoms with Crippen LogP contribution in [0.3, 0.4) is 0 Å². The number of hydrogen-bond donors (Lipinski definition) is 3. The van der Waals surface area contributed by atoms with Gasteiger partial charge in [0.15, 0.2) is 0 Å². The van der Waals surface area contributed by atoms with Crippen molar-refractivity contribution in [3.05, 3.63) is 41.0 Å². The maximum atomic E-state index is 14.6. The van der Waals surface area contributed by atoms with Gasteiger partial charge in [-0.2, -0.15) is 0 Å². The molecule has 1 aromatic carbocycles. The number of aromatic nitrogens is 1. The third-order valence-electron chi connectivity index (χ3n) is 5.78. The van der Waals surface area contributed by atoms with Crippen molar-refractivity contribution in [2.75, 3.05) is 0 Å². The van der Waals surface area contributed by atoms with E-state index in [0.717, 1.165) is 36.1 Å². The third kappa shape index (κ3) is 3.49. The number of piperidine rings is 1. The van der Waals surface area contributed by atoms with Crippen molar-refractivity contribution < 1.29 is 13.7 Å². The van der Waals surface area contributed by atoms with Crippen LogP contribution in [-0.2, 0) is 11.2 Å². The number of carbonyl (C=O) groups is 1. The Morgan fingerprint density at radius 3 is 2.85 bits per heavy atom. The molecule has 0 unspecified atom stereocenters. The number of benzene rings is 1. The number of halogens is 1. The summed E-state index contributed by atoms with van der Waals surface area (Å²) in [6, 6.07) is 5.29. The van der Waals surface area contributed by atoms with Crippen molar-refractivity contribution in [3.63, 3.8) is 0 Å². The zero-order valence-electron chi connectivity index (χ0n) is 15.6. The summed E-state index contributed by atoms with van der Waals surface area (Å²) >= 11 is 0. The molecule has 1 saturated carbocycles. The predicted octanol–water partition coefficient (Wildman–Crippen LogP) is 2.18. The Balaban J connectivity index is 1.41. The SMILES string of the molecule is Cc1noc(C)c1-c1ccc(C[C@@H](N)NC(=O)[C@H]2N[C@@H]3CC[C@H]2C3)c(F)c1. The minimum Gasteiger partial charge on any atom is -0.361 e. The summed E-state index contributed by atoms with van der Waals surface area (Å²) in [5.41, 5.74) is 8.79. The highest BCUT2D eigenvalue weighted by atomic mass is 19.1. The molecule has 1 aliphatic carbocycles. The van der Waals surface area contributed by atoms with Crippen LogP contribution in [0.1, 0.15) is 36.3 Å². The van der Waals surface area contributed by atoms with Gasteiger partial charge in [0.25, 0.3) is 0 Å². The number of fused-ring (bicyclic) bond motifs is 2. The summed E-state index contributed by atoms with van der Waals surface area (Å²) < 4.78 is 19.7. The lowest BCUT2D eigenvalue weighted by Gasteiger charge is -2.24. The van der Waals surface area contributed by atoms with E-state index in [9.17, 15) is 9.18 Å². The van der Waals surface area contributed by atoms with E-state index < -0.39 is 6.17 Å². The number of carbonyl (C=O) groups excluding carboxylic acids is 1. The van der Waals surface area contributed by atoms with Gasteiger partial charge in [0.05, 0.1) is 17.9 Å². The van der Waals surface area contributed by atoms with E-state index in [-0.39, 0.29) is 24.2 Å². The maximum absolute atomic E-state index is 14.6. The lowest BCUT2D eigenvalue weighted by molar-refractivity contribution is -0.124. The first-order chi connectivity index (χ1) is 12.9. The summed E-state index contributed by atoms with van der Waals surface area (Å²) in [6.07, 6.45) is 2.90. The summed E-state index contributed by atoms with van der Waals surface area (Å²) in [5.74, 6) is 0.618. The molecule has 1 aromatic heterocycles. The standard InChI is InChI=1S/C20H25FN4O2/c1-10-18(11(2)27-25-10)13-4-3-12(16(21)8-13)9-17(22)24-20(26)19-14-5-6-15(7-14)23-19/h3-4,8,14-15,17,19,23H,5-7,9,22H2,1-2H3,(H,24,26)/t14-,15+,17-,19-/m0/s1. The van der Waals surface area contributed by atoms with E-state index in [1.54, 1.807) is 13.0 Å². The van der Waals surface area contributed by atoms with E-state index in [1.807, 2.05) is 13.0 Å². The van der Waals surface area contributed by atoms with Crippen LogP contribution in [0.4, 0.5) is 4.39 Å². The fourth-order valence-electron chi connectivity index (χ4n) is 4.47. The van der Waals surface area contributed by atoms with E-state index in [4.69, 9.17) is 10.3 Å². The Bertz CT molecular complexity index is 846. The van der Waals surface area contributed by atoms with E-state index in [1.165, 1.54) is 6.07 Å². The van der Waals surface area contributed by atoms with E-state index in [0.29, 0.717) is 23.3 Å². The second-order valence-electron chi connectivity index (χ2n) is 7.74. The Hall–Kier alpha value is -2.25. The molecule has 0 radical (unpaired) electrons. The second kappa shape index (κ2) is 7.05. The largest absolute Gasteiger partial charge is 0.361 e. The molecule has 2 aromatic rings. The molecule has 2 heterocycles. The first kappa shape index (κ1) is 18.1. The quantitative estimate of drug-likeness (QED) is 0.700. The van der Waals surface area contributed by atoms with Crippen LogP contribution in [0.5, 0.6) is 0 Å². The number of amides is 1. The number of hydrogen-bond acceptors (Lipinski definition) is 5. The molecule has 1 aliphatic heterocycles. The highest BCUT2D eigenvalue weighted by molar-refractivity contribution is 5.83. The molecule has 144 valence electrons.